The Morgan fingerprint density at radius 3 is 2.21 bits per heavy atom. The van der Waals surface area contributed by atoms with Gasteiger partial charge in [0.15, 0.2) is 0 Å². The summed E-state index contributed by atoms with van der Waals surface area (Å²) >= 11 is 5.91. The molecule has 0 unspecified atom stereocenters. The first-order chi connectivity index (χ1) is 13.9. The van der Waals surface area contributed by atoms with Gasteiger partial charge in [0.25, 0.3) is 11.8 Å². The summed E-state index contributed by atoms with van der Waals surface area (Å²) < 4.78 is 5.77. The number of hydrogen-bond donors (Lipinski definition) is 0. The first-order valence-corrected chi connectivity index (χ1v) is 9.59. The predicted molar refractivity (Wildman–Crippen MR) is 107 cm³/mol. The second kappa shape index (κ2) is 7.77. The molecule has 0 N–H and O–H groups in total. The molecule has 0 bridgehead atoms. The maximum absolute atomic E-state index is 12.7. The van der Waals surface area contributed by atoms with Crippen LogP contribution < -0.4 is 0 Å². The van der Waals surface area contributed by atoms with Gasteiger partial charge in [-0.1, -0.05) is 23.7 Å². The molecule has 148 valence electrons. The van der Waals surface area contributed by atoms with Gasteiger partial charge >= 0.3 is 0 Å². The van der Waals surface area contributed by atoms with E-state index < -0.39 is 0 Å². The molecule has 7 nitrogen and oxygen atoms in total. The summed E-state index contributed by atoms with van der Waals surface area (Å²) in [6, 6.07) is 14.0. The van der Waals surface area contributed by atoms with Gasteiger partial charge < -0.3 is 4.42 Å². The highest BCUT2D eigenvalue weighted by Crippen LogP contribution is 2.24. The SMILES string of the molecule is CC(C)N(Cc1nnc(-c2ccc(Cl)cc2)o1)CN1C(=O)c2ccccc2C1=O. The second-order valence-corrected chi connectivity index (χ2v) is 7.51. The van der Waals surface area contributed by atoms with Crippen LogP contribution in [0.15, 0.2) is 52.9 Å². The molecule has 3 aromatic rings. The van der Waals surface area contributed by atoms with Crippen molar-refractivity contribution in [3.05, 3.63) is 70.6 Å². The van der Waals surface area contributed by atoms with Gasteiger partial charge in [-0.2, -0.15) is 0 Å². The average Bonchev–Trinajstić information content (AvgIpc) is 3.27. The van der Waals surface area contributed by atoms with Crippen molar-refractivity contribution in [3.8, 4) is 11.5 Å². The van der Waals surface area contributed by atoms with Crippen molar-refractivity contribution in [3.63, 3.8) is 0 Å². The van der Waals surface area contributed by atoms with Crippen molar-refractivity contribution >= 4 is 23.4 Å². The molecule has 0 saturated carbocycles. The quantitative estimate of drug-likeness (QED) is 0.574. The van der Waals surface area contributed by atoms with Crippen molar-refractivity contribution in [2.45, 2.75) is 26.4 Å². The Hall–Kier alpha value is -3.03. The van der Waals surface area contributed by atoms with Crippen molar-refractivity contribution in [2.75, 3.05) is 6.67 Å². The number of carbonyl (C=O) groups is 2. The minimum absolute atomic E-state index is 0.0465. The monoisotopic (exact) mass is 410 g/mol. The van der Waals surface area contributed by atoms with Crippen LogP contribution in [-0.4, -0.2) is 44.5 Å². The lowest BCUT2D eigenvalue weighted by Gasteiger charge is -2.28. The third kappa shape index (κ3) is 3.79. The predicted octanol–water partition coefficient (Wildman–Crippen LogP) is 3.85. The van der Waals surface area contributed by atoms with Crippen LogP contribution >= 0.6 is 11.6 Å². The van der Waals surface area contributed by atoms with Crippen molar-refractivity contribution < 1.29 is 14.0 Å². The topological polar surface area (TPSA) is 79.5 Å². The summed E-state index contributed by atoms with van der Waals surface area (Å²) in [6.07, 6.45) is 0. The van der Waals surface area contributed by atoms with Gasteiger partial charge in [-0.3, -0.25) is 19.4 Å². The van der Waals surface area contributed by atoms with Gasteiger partial charge in [-0.15, -0.1) is 10.2 Å². The molecule has 2 heterocycles. The van der Waals surface area contributed by atoms with Gasteiger partial charge in [0.2, 0.25) is 11.8 Å². The van der Waals surface area contributed by atoms with E-state index in [1.165, 1.54) is 4.90 Å². The maximum Gasteiger partial charge on any atom is 0.262 e. The number of aromatic nitrogens is 2. The van der Waals surface area contributed by atoms with E-state index in [2.05, 4.69) is 10.2 Å². The standard InChI is InChI=1S/C21H19ClN4O3/c1-13(2)25(12-26-20(27)16-5-3-4-6-17(16)21(26)28)11-18-23-24-19(29-18)14-7-9-15(22)10-8-14/h3-10,13H,11-12H2,1-2H3. The fourth-order valence-electron chi connectivity index (χ4n) is 3.15. The number of imide groups is 1. The zero-order valence-corrected chi connectivity index (χ0v) is 16.8. The number of carbonyl (C=O) groups excluding carboxylic acids is 2. The van der Waals surface area contributed by atoms with E-state index in [9.17, 15) is 9.59 Å². The molecule has 29 heavy (non-hydrogen) atoms. The molecule has 1 aromatic heterocycles. The zero-order valence-electron chi connectivity index (χ0n) is 16.0. The van der Waals surface area contributed by atoms with E-state index >= 15 is 0 Å². The first kappa shape index (κ1) is 19.3. The third-order valence-corrected chi connectivity index (χ3v) is 5.08. The molecule has 0 radical (unpaired) electrons. The van der Waals surface area contributed by atoms with Crippen LogP contribution in [0.5, 0.6) is 0 Å². The van der Waals surface area contributed by atoms with Crippen LogP contribution in [0.2, 0.25) is 5.02 Å². The van der Waals surface area contributed by atoms with E-state index in [0.717, 1.165) is 5.56 Å². The molecule has 1 aliphatic heterocycles. The summed E-state index contributed by atoms with van der Waals surface area (Å²) in [5.41, 5.74) is 1.64. The van der Waals surface area contributed by atoms with Crippen LogP contribution in [0.3, 0.4) is 0 Å². The van der Waals surface area contributed by atoms with Crippen LogP contribution in [0.1, 0.15) is 40.5 Å². The summed E-state index contributed by atoms with van der Waals surface area (Å²) in [5.74, 6) is 0.216. The number of hydrogen-bond acceptors (Lipinski definition) is 6. The van der Waals surface area contributed by atoms with Gasteiger partial charge in [0.1, 0.15) is 0 Å². The van der Waals surface area contributed by atoms with Crippen molar-refractivity contribution in [2.24, 2.45) is 0 Å². The van der Waals surface area contributed by atoms with E-state index in [4.69, 9.17) is 16.0 Å². The molecule has 0 fully saturated rings. The van der Waals surface area contributed by atoms with E-state index in [0.29, 0.717) is 34.5 Å². The molecule has 0 spiro atoms. The van der Waals surface area contributed by atoms with E-state index in [1.807, 2.05) is 18.7 Å². The van der Waals surface area contributed by atoms with Gasteiger partial charge in [-0.25, -0.2) is 0 Å². The lowest BCUT2D eigenvalue weighted by atomic mass is 10.1. The average molecular weight is 411 g/mol. The first-order valence-electron chi connectivity index (χ1n) is 9.21. The van der Waals surface area contributed by atoms with Gasteiger partial charge in [-0.05, 0) is 50.2 Å². The maximum atomic E-state index is 12.7. The Labute approximate surface area is 172 Å². The highest BCUT2D eigenvalue weighted by molar-refractivity contribution is 6.30. The molecule has 0 atom stereocenters. The van der Waals surface area contributed by atoms with Gasteiger partial charge in [0.05, 0.1) is 24.3 Å². The Bertz CT molecular complexity index is 1030. The zero-order chi connectivity index (χ0) is 20.5. The van der Waals surface area contributed by atoms with Crippen LogP contribution in [0.4, 0.5) is 0 Å². The van der Waals surface area contributed by atoms with Crippen molar-refractivity contribution in [1.29, 1.82) is 0 Å². The number of halogens is 1. The number of rotatable bonds is 6. The summed E-state index contributed by atoms with van der Waals surface area (Å²) in [4.78, 5) is 28.5. The summed E-state index contributed by atoms with van der Waals surface area (Å²) in [6.45, 7) is 4.41. The molecule has 1 aliphatic rings. The Balaban J connectivity index is 1.50. The molecule has 2 aromatic carbocycles. The number of nitrogens with zero attached hydrogens (tertiary/aromatic N) is 4. The largest absolute Gasteiger partial charge is 0.419 e. The molecule has 0 aliphatic carbocycles. The van der Waals surface area contributed by atoms with E-state index in [-0.39, 0.29) is 24.5 Å². The molecule has 2 amide bonds. The molecule has 8 heteroatoms. The summed E-state index contributed by atoms with van der Waals surface area (Å²) in [7, 11) is 0. The third-order valence-electron chi connectivity index (χ3n) is 4.83. The van der Waals surface area contributed by atoms with Crippen LogP contribution in [0, 0.1) is 0 Å². The van der Waals surface area contributed by atoms with E-state index in [1.54, 1.807) is 48.5 Å². The smallest absolute Gasteiger partial charge is 0.262 e. The fourth-order valence-corrected chi connectivity index (χ4v) is 3.27. The van der Waals surface area contributed by atoms with Crippen molar-refractivity contribution in [1.82, 2.24) is 20.0 Å². The minimum Gasteiger partial charge on any atom is -0.419 e. The Kier molecular flexibility index (Phi) is 5.17. The van der Waals surface area contributed by atoms with Crippen LogP contribution in [-0.2, 0) is 6.54 Å². The summed E-state index contributed by atoms with van der Waals surface area (Å²) in [5, 5.41) is 8.82. The Morgan fingerprint density at radius 1 is 1.00 bits per heavy atom. The number of fused-ring (bicyclic) bond motifs is 1. The highest BCUT2D eigenvalue weighted by Gasteiger charge is 2.36. The highest BCUT2D eigenvalue weighted by atomic mass is 35.5. The molecule has 4 rings (SSSR count). The lowest BCUT2D eigenvalue weighted by molar-refractivity contribution is 0.0476. The van der Waals surface area contributed by atoms with Crippen LogP contribution in [0.25, 0.3) is 11.5 Å². The lowest BCUT2D eigenvalue weighted by Crippen LogP contribution is -2.43. The molecule has 0 saturated heterocycles. The number of benzene rings is 2. The molecular formula is C21H19ClN4O3. The molecular weight excluding hydrogens is 392 g/mol. The van der Waals surface area contributed by atoms with Gasteiger partial charge in [0, 0.05) is 16.6 Å². The second-order valence-electron chi connectivity index (χ2n) is 7.07. The Morgan fingerprint density at radius 2 is 1.62 bits per heavy atom. The number of amides is 2. The fraction of sp³-hybridized carbons (Fsp3) is 0.238. The minimum atomic E-state index is -0.288. The normalized spacial score (nSPS) is 13.6.